The van der Waals surface area contributed by atoms with Gasteiger partial charge in [0.25, 0.3) is 0 Å². The van der Waals surface area contributed by atoms with Crippen molar-refractivity contribution in [1.29, 1.82) is 0 Å². The lowest BCUT2D eigenvalue weighted by molar-refractivity contribution is -0.105. The van der Waals surface area contributed by atoms with Crippen LogP contribution in [0.4, 0.5) is 0 Å². The van der Waals surface area contributed by atoms with Crippen LogP contribution < -0.4 is 5.43 Å². The van der Waals surface area contributed by atoms with E-state index in [1.54, 1.807) is 0 Å². The van der Waals surface area contributed by atoms with Gasteiger partial charge in [-0.1, -0.05) is 32.1 Å². The maximum atomic E-state index is 10.8. The molecule has 14 heavy (non-hydrogen) atoms. The highest BCUT2D eigenvalue weighted by molar-refractivity contribution is 5.94. The first-order valence-corrected chi connectivity index (χ1v) is 4.90. The Labute approximate surface area is 83.6 Å². The lowest BCUT2D eigenvalue weighted by Gasteiger charge is -2.21. The van der Waals surface area contributed by atoms with E-state index >= 15 is 0 Å². The standard InChI is InChI=1S/C11H14N2O/c1-7(2)10-9-5-3-4-8(6-14)11(9)13-12-10/h3-7,9,11,13H,1-2H3. The van der Waals surface area contributed by atoms with Gasteiger partial charge in [-0.25, -0.2) is 0 Å². The molecule has 0 amide bonds. The number of allylic oxidation sites excluding steroid dienone is 2. The van der Waals surface area contributed by atoms with E-state index in [-0.39, 0.29) is 12.0 Å². The Hall–Kier alpha value is -1.38. The molecular weight excluding hydrogens is 176 g/mol. The SMILES string of the molecule is CC(C)C1=NNC2C(C=O)=CC=CC12. The van der Waals surface area contributed by atoms with Crippen molar-refractivity contribution in [3.63, 3.8) is 0 Å². The fourth-order valence-corrected chi connectivity index (χ4v) is 1.98. The average molecular weight is 190 g/mol. The van der Waals surface area contributed by atoms with Crippen molar-refractivity contribution in [2.75, 3.05) is 0 Å². The highest BCUT2D eigenvalue weighted by atomic mass is 16.1. The van der Waals surface area contributed by atoms with Crippen molar-refractivity contribution < 1.29 is 4.79 Å². The third kappa shape index (κ3) is 1.29. The third-order valence-electron chi connectivity index (χ3n) is 2.73. The molecule has 1 aliphatic carbocycles. The third-order valence-corrected chi connectivity index (χ3v) is 2.73. The molecule has 74 valence electrons. The van der Waals surface area contributed by atoms with Crippen LogP contribution in [-0.4, -0.2) is 18.0 Å². The Bertz CT molecular complexity index is 339. The van der Waals surface area contributed by atoms with Gasteiger partial charge in [-0.05, 0) is 5.92 Å². The molecule has 2 rings (SSSR count). The van der Waals surface area contributed by atoms with Gasteiger partial charge < -0.3 is 5.43 Å². The van der Waals surface area contributed by atoms with Crippen molar-refractivity contribution in [3.8, 4) is 0 Å². The van der Waals surface area contributed by atoms with Crippen LogP contribution in [0, 0.1) is 11.8 Å². The molecule has 1 aliphatic heterocycles. The summed E-state index contributed by atoms with van der Waals surface area (Å²) in [6.45, 7) is 4.24. The topological polar surface area (TPSA) is 41.5 Å². The van der Waals surface area contributed by atoms with Gasteiger partial charge in [0.05, 0.1) is 6.04 Å². The van der Waals surface area contributed by atoms with Gasteiger partial charge in [-0.3, -0.25) is 4.79 Å². The van der Waals surface area contributed by atoms with E-state index < -0.39 is 0 Å². The summed E-state index contributed by atoms with van der Waals surface area (Å²) in [7, 11) is 0. The van der Waals surface area contributed by atoms with Crippen LogP contribution in [0.2, 0.25) is 0 Å². The summed E-state index contributed by atoms with van der Waals surface area (Å²) in [5.74, 6) is 0.688. The molecule has 0 spiro atoms. The molecule has 0 fully saturated rings. The molecule has 0 saturated heterocycles. The maximum Gasteiger partial charge on any atom is 0.148 e. The van der Waals surface area contributed by atoms with E-state index in [9.17, 15) is 4.79 Å². The molecule has 0 aromatic rings. The number of rotatable bonds is 2. The van der Waals surface area contributed by atoms with Gasteiger partial charge in [0.2, 0.25) is 0 Å². The number of aldehydes is 1. The first-order valence-electron chi connectivity index (χ1n) is 4.90. The van der Waals surface area contributed by atoms with E-state index in [1.807, 2.05) is 12.2 Å². The van der Waals surface area contributed by atoms with Gasteiger partial charge in [-0.2, -0.15) is 5.10 Å². The molecule has 0 aromatic heterocycles. The van der Waals surface area contributed by atoms with Crippen molar-refractivity contribution in [1.82, 2.24) is 5.43 Å². The molecule has 0 bridgehead atoms. The quantitative estimate of drug-likeness (QED) is 0.666. The summed E-state index contributed by atoms with van der Waals surface area (Å²) in [5.41, 5.74) is 4.95. The first kappa shape index (κ1) is 9.19. The maximum absolute atomic E-state index is 10.8. The van der Waals surface area contributed by atoms with Crippen LogP contribution in [0.3, 0.4) is 0 Å². The summed E-state index contributed by atoms with van der Waals surface area (Å²) >= 11 is 0. The van der Waals surface area contributed by atoms with Crippen molar-refractivity contribution >= 4 is 12.0 Å². The zero-order valence-electron chi connectivity index (χ0n) is 8.40. The highest BCUT2D eigenvalue weighted by Crippen LogP contribution is 2.26. The molecule has 0 radical (unpaired) electrons. The number of fused-ring (bicyclic) bond motifs is 1. The zero-order chi connectivity index (χ0) is 10.1. The second-order valence-corrected chi connectivity index (χ2v) is 3.99. The largest absolute Gasteiger partial charge is 0.301 e. The summed E-state index contributed by atoms with van der Waals surface area (Å²) in [6.07, 6.45) is 6.80. The van der Waals surface area contributed by atoms with Gasteiger partial charge in [0.15, 0.2) is 0 Å². The van der Waals surface area contributed by atoms with Crippen LogP contribution in [0.5, 0.6) is 0 Å². The van der Waals surface area contributed by atoms with Crippen LogP contribution in [0.15, 0.2) is 28.9 Å². The minimum atomic E-state index is 0.0647. The van der Waals surface area contributed by atoms with Crippen molar-refractivity contribution in [2.45, 2.75) is 19.9 Å². The van der Waals surface area contributed by atoms with E-state index in [2.05, 4.69) is 30.5 Å². The summed E-state index contributed by atoms with van der Waals surface area (Å²) in [4.78, 5) is 10.8. The normalized spacial score (nSPS) is 29.4. The van der Waals surface area contributed by atoms with E-state index in [4.69, 9.17) is 0 Å². The molecule has 3 nitrogen and oxygen atoms in total. The second-order valence-electron chi connectivity index (χ2n) is 3.99. The van der Waals surface area contributed by atoms with Crippen LogP contribution in [0.1, 0.15) is 13.8 Å². The molecule has 2 atom stereocenters. The molecule has 2 unspecified atom stereocenters. The van der Waals surface area contributed by atoms with E-state index in [0.29, 0.717) is 5.92 Å². The summed E-state index contributed by atoms with van der Waals surface area (Å²) < 4.78 is 0. The van der Waals surface area contributed by atoms with Crippen LogP contribution in [0.25, 0.3) is 0 Å². The molecule has 3 heteroatoms. The number of nitrogens with zero attached hydrogens (tertiary/aromatic N) is 1. The highest BCUT2D eigenvalue weighted by Gasteiger charge is 2.34. The zero-order valence-corrected chi connectivity index (χ0v) is 8.40. The molecule has 1 N–H and O–H groups in total. The lowest BCUT2D eigenvalue weighted by Crippen LogP contribution is -2.33. The second kappa shape index (κ2) is 3.40. The van der Waals surface area contributed by atoms with Crippen LogP contribution in [-0.2, 0) is 4.79 Å². The average Bonchev–Trinajstić information content (AvgIpc) is 2.60. The number of hydrogen-bond donors (Lipinski definition) is 1. The van der Waals surface area contributed by atoms with Gasteiger partial charge in [0.1, 0.15) is 6.29 Å². The molecule has 0 saturated carbocycles. The van der Waals surface area contributed by atoms with Crippen LogP contribution >= 0.6 is 0 Å². The molecule has 1 heterocycles. The Morgan fingerprint density at radius 3 is 3.00 bits per heavy atom. The number of carbonyl (C=O) groups excluding carboxylic acids is 1. The van der Waals surface area contributed by atoms with Gasteiger partial charge >= 0.3 is 0 Å². The van der Waals surface area contributed by atoms with E-state index in [1.165, 1.54) is 0 Å². The minimum Gasteiger partial charge on any atom is -0.301 e. The molecule has 0 aromatic carbocycles. The predicted octanol–water partition coefficient (Wildman–Crippen LogP) is 1.28. The number of carbonyl (C=O) groups is 1. The Balaban J connectivity index is 2.25. The minimum absolute atomic E-state index is 0.0647. The fraction of sp³-hybridized carbons (Fsp3) is 0.455. The molecule has 2 aliphatic rings. The smallest absolute Gasteiger partial charge is 0.148 e. The fourth-order valence-electron chi connectivity index (χ4n) is 1.98. The Morgan fingerprint density at radius 1 is 1.57 bits per heavy atom. The number of hydrazone groups is 1. The predicted molar refractivity (Wildman–Crippen MR) is 56.0 cm³/mol. The van der Waals surface area contributed by atoms with Gasteiger partial charge in [-0.15, -0.1) is 0 Å². The first-order chi connectivity index (χ1) is 6.74. The number of hydrogen-bond acceptors (Lipinski definition) is 3. The van der Waals surface area contributed by atoms with Gasteiger partial charge in [0, 0.05) is 17.2 Å². The van der Waals surface area contributed by atoms with Crippen molar-refractivity contribution in [2.24, 2.45) is 16.9 Å². The Morgan fingerprint density at radius 2 is 2.36 bits per heavy atom. The Kier molecular flexibility index (Phi) is 2.23. The summed E-state index contributed by atoms with van der Waals surface area (Å²) in [6, 6.07) is 0.0647. The van der Waals surface area contributed by atoms with Crippen molar-refractivity contribution in [3.05, 3.63) is 23.8 Å². The lowest BCUT2D eigenvalue weighted by atomic mass is 9.83. The monoisotopic (exact) mass is 190 g/mol. The summed E-state index contributed by atoms with van der Waals surface area (Å²) in [5, 5.41) is 4.29. The molecular formula is C11H14N2O. The van der Waals surface area contributed by atoms with E-state index in [0.717, 1.165) is 17.6 Å². The number of nitrogens with one attached hydrogen (secondary N) is 1.